The molecule has 0 aliphatic heterocycles. The number of hydrogen-bond donors (Lipinski definition) is 1. The number of nitrogens with zero attached hydrogens (tertiary/aromatic N) is 2. The van der Waals surface area contributed by atoms with E-state index in [0.717, 1.165) is 22.7 Å². The fourth-order valence-electron chi connectivity index (χ4n) is 2.12. The van der Waals surface area contributed by atoms with E-state index >= 15 is 0 Å². The van der Waals surface area contributed by atoms with E-state index in [1.54, 1.807) is 12.3 Å². The Kier molecular flexibility index (Phi) is 4.97. The van der Waals surface area contributed by atoms with Gasteiger partial charge in [-0.1, -0.05) is 34.8 Å². The van der Waals surface area contributed by atoms with Gasteiger partial charge in [-0.3, -0.25) is 4.79 Å². The van der Waals surface area contributed by atoms with E-state index in [4.69, 9.17) is 4.74 Å². The van der Waals surface area contributed by atoms with Crippen LogP contribution in [0.5, 0.6) is 0 Å². The molecular formula is C16H13N3O3S2. The van der Waals surface area contributed by atoms with Crippen molar-refractivity contribution in [3.05, 3.63) is 52.3 Å². The Hall–Kier alpha value is -2.58. The second-order valence-electron chi connectivity index (χ2n) is 4.68. The quantitative estimate of drug-likeness (QED) is 0.703. The fraction of sp³-hybridized carbons (Fsp3) is 0.125. The topological polar surface area (TPSA) is 81.2 Å². The van der Waals surface area contributed by atoms with Gasteiger partial charge >= 0.3 is 5.97 Å². The number of anilines is 1. The molecule has 0 spiro atoms. The zero-order valence-corrected chi connectivity index (χ0v) is 14.3. The maximum Gasteiger partial charge on any atom is 0.341 e. The van der Waals surface area contributed by atoms with Gasteiger partial charge in [0.1, 0.15) is 10.6 Å². The third-order valence-electron chi connectivity index (χ3n) is 3.18. The summed E-state index contributed by atoms with van der Waals surface area (Å²) in [7, 11) is 0. The smallest absolute Gasteiger partial charge is 0.341 e. The van der Waals surface area contributed by atoms with Gasteiger partial charge in [0.05, 0.1) is 6.61 Å². The highest BCUT2D eigenvalue weighted by Crippen LogP contribution is 2.36. The number of carbonyl (C=O) groups excluding carboxylic acids is 2. The summed E-state index contributed by atoms with van der Waals surface area (Å²) in [5, 5.41) is 10.3. The van der Waals surface area contributed by atoms with Crippen molar-refractivity contribution in [1.82, 2.24) is 9.59 Å². The van der Waals surface area contributed by atoms with E-state index in [0.29, 0.717) is 10.6 Å². The summed E-state index contributed by atoms with van der Waals surface area (Å²) in [4.78, 5) is 24.6. The first-order chi connectivity index (χ1) is 11.7. The minimum Gasteiger partial charge on any atom is -0.462 e. The number of benzene rings is 1. The van der Waals surface area contributed by atoms with E-state index < -0.39 is 11.9 Å². The Morgan fingerprint density at radius 1 is 1.21 bits per heavy atom. The number of rotatable bonds is 5. The Bertz CT molecular complexity index is 845. The molecule has 0 unspecified atom stereocenters. The summed E-state index contributed by atoms with van der Waals surface area (Å²) in [5.41, 5.74) is 2.17. The lowest BCUT2D eigenvalue weighted by Crippen LogP contribution is -2.15. The van der Waals surface area contributed by atoms with Crippen molar-refractivity contribution in [3.8, 4) is 11.1 Å². The van der Waals surface area contributed by atoms with E-state index in [9.17, 15) is 9.59 Å². The molecule has 3 aromatic rings. The Balaban J connectivity index is 1.98. The van der Waals surface area contributed by atoms with Crippen LogP contribution >= 0.6 is 22.9 Å². The standard InChI is InChI=1S/C16H13N3O3S2/c1-2-22-16(21)13-11(10-6-4-3-5-7-10)8-23-15(13)17-14(20)12-9-24-19-18-12/h3-9H,2H2,1H3,(H,17,20). The van der Waals surface area contributed by atoms with Crippen molar-refractivity contribution in [3.63, 3.8) is 0 Å². The molecule has 0 radical (unpaired) electrons. The molecule has 0 saturated carbocycles. The Labute approximate surface area is 146 Å². The molecule has 0 saturated heterocycles. The molecule has 1 aromatic carbocycles. The van der Waals surface area contributed by atoms with Crippen LogP contribution in [0.4, 0.5) is 5.00 Å². The van der Waals surface area contributed by atoms with E-state index in [-0.39, 0.29) is 12.3 Å². The van der Waals surface area contributed by atoms with Crippen LogP contribution in [0, 0.1) is 0 Å². The molecule has 24 heavy (non-hydrogen) atoms. The highest BCUT2D eigenvalue weighted by Gasteiger charge is 2.23. The molecule has 0 aliphatic rings. The van der Waals surface area contributed by atoms with Gasteiger partial charge in [-0.25, -0.2) is 4.79 Å². The largest absolute Gasteiger partial charge is 0.462 e. The van der Waals surface area contributed by atoms with Crippen LogP contribution < -0.4 is 5.32 Å². The average Bonchev–Trinajstić information content (AvgIpc) is 3.25. The van der Waals surface area contributed by atoms with Crippen molar-refractivity contribution >= 4 is 39.7 Å². The molecule has 1 N–H and O–H groups in total. The molecule has 0 atom stereocenters. The minimum absolute atomic E-state index is 0.212. The Morgan fingerprint density at radius 2 is 2.00 bits per heavy atom. The number of aromatic nitrogens is 2. The van der Waals surface area contributed by atoms with Crippen LogP contribution in [0.15, 0.2) is 41.1 Å². The summed E-state index contributed by atoms with van der Waals surface area (Å²) in [5.74, 6) is -0.875. The zero-order chi connectivity index (χ0) is 16.9. The first-order valence-corrected chi connectivity index (χ1v) is 8.84. The molecule has 6 nitrogen and oxygen atoms in total. The Morgan fingerprint density at radius 3 is 2.67 bits per heavy atom. The second-order valence-corrected chi connectivity index (χ2v) is 6.17. The summed E-state index contributed by atoms with van der Waals surface area (Å²) in [6.07, 6.45) is 0. The van der Waals surface area contributed by atoms with Crippen molar-refractivity contribution in [2.75, 3.05) is 11.9 Å². The van der Waals surface area contributed by atoms with Crippen molar-refractivity contribution in [2.24, 2.45) is 0 Å². The first kappa shape index (κ1) is 16.3. The van der Waals surface area contributed by atoms with Crippen LogP contribution in [-0.4, -0.2) is 28.1 Å². The average molecular weight is 359 g/mol. The van der Waals surface area contributed by atoms with Crippen LogP contribution in [0.2, 0.25) is 0 Å². The van der Waals surface area contributed by atoms with Crippen LogP contribution in [0.1, 0.15) is 27.8 Å². The van der Waals surface area contributed by atoms with Gasteiger partial charge in [0.25, 0.3) is 5.91 Å². The van der Waals surface area contributed by atoms with Gasteiger partial charge < -0.3 is 10.1 Å². The molecule has 8 heteroatoms. The lowest BCUT2D eigenvalue weighted by Gasteiger charge is -2.08. The summed E-state index contributed by atoms with van der Waals surface area (Å²) < 4.78 is 8.82. The highest BCUT2D eigenvalue weighted by molar-refractivity contribution is 7.15. The molecular weight excluding hydrogens is 346 g/mol. The number of esters is 1. The van der Waals surface area contributed by atoms with Gasteiger partial charge in [-0.15, -0.1) is 16.4 Å². The maximum atomic E-state index is 12.4. The molecule has 2 aromatic heterocycles. The summed E-state index contributed by atoms with van der Waals surface area (Å²) in [6, 6.07) is 9.49. The molecule has 122 valence electrons. The van der Waals surface area contributed by atoms with Crippen molar-refractivity contribution < 1.29 is 14.3 Å². The fourth-order valence-corrected chi connectivity index (χ4v) is 3.51. The third kappa shape index (κ3) is 3.34. The first-order valence-electron chi connectivity index (χ1n) is 7.13. The van der Waals surface area contributed by atoms with Crippen molar-refractivity contribution in [2.45, 2.75) is 6.92 Å². The number of thiophene rings is 1. The summed E-state index contributed by atoms with van der Waals surface area (Å²) in [6.45, 7) is 2.00. The molecule has 0 fully saturated rings. The van der Waals surface area contributed by atoms with Crippen LogP contribution in [0.25, 0.3) is 11.1 Å². The lowest BCUT2D eigenvalue weighted by molar-refractivity contribution is 0.0529. The van der Waals surface area contributed by atoms with E-state index in [2.05, 4.69) is 14.9 Å². The number of amides is 1. The minimum atomic E-state index is -0.468. The van der Waals surface area contributed by atoms with Gasteiger partial charge in [-0.2, -0.15) is 0 Å². The maximum absolute atomic E-state index is 12.4. The van der Waals surface area contributed by atoms with E-state index in [1.165, 1.54) is 11.3 Å². The monoisotopic (exact) mass is 359 g/mol. The molecule has 0 aliphatic carbocycles. The predicted octanol–water partition coefficient (Wildman–Crippen LogP) is 3.70. The number of carbonyl (C=O) groups is 2. The SMILES string of the molecule is CCOC(=O)c1c(-c2ccccc2)csc1NC(=O)c1csnn1. The third-order valence-corrected chi connectivity index (χ3v) is 4.58. The van der Waals surface area contributed by atoms with Gasteiger partial charge in [0.2, 0.25) is 0 Å². The molecule has 1 amide bonds. The molecule has 0 bridgehead atoms. The lowest BCUT2D eigenvalue weighted by atomic mass is 10.0. The van der Waals surface area contributed by atoms with E-state index in [1.807, 2.05) is 35.7 Å². The number of hydrogen-bond acceptors (Lipinski definition) is 7. The normalized spacial score (nSPS) is 10.4. The number of ether oxygens (including phenoxy) is 1. The van der Waals surface area contributed by atoms with Crippen LogP contribution in [-0.2, 0) is 4.74 Å². The molecule has 3 rings (SSSR count). The summed E-state index contributed by atoms with van der Waals surface area (Å²) >= 11 is 2.36. The van der Waals surface area contributed by atoms with Crippen molar-refractivity contribution in [1.29, 1.82) is 0 Å². The molecule has 2 heterocycles. The zero-order valence-electron chi connectivity index (χ0n) is 12.7. The second kappa shape index (κ2) is 7.33. The highest BCUT2D eigenvalue weighted by atomic mass is 32.1. The predicted molar refractivity (Wildman–Crippen MR) is 93.6 cm³/mol. The van der Waals surface area contributed by atoms with Gasteiger partial charge in [0.15, 0.2) is 5.69 Å². The van der Waals surface area contributed by atoms with Gasteiger partial charge in [-0.05, 0) is 24.0 Å². The van der Waals surface area contributed by atoms with Crippen LogP contribution in [0.3, 0.4) is 0 Å². The van der Waals surface area contributed by atoms with Gasteiger partial charge in [0, 0.05) is 16.3 Å². The number of nitrogens with one attached hydrogen (secondary N) is 1.